The maximum Gasteiger partial charge on any atom is 0.276 e. The van der Waals surface area contributed by atoms with Crippen molar-refractivity contribution in [2.45, 2.75) is 26.4 Å². The summed E-state index contributed by atoms with van der Waals surface area (Å²) in [6.07, 6.45) is 1.39. The number of nitrogens with zero attached hydrogens (tertiary/aromatic N) is 1. The Morgan fingerprint density at radius 2 is 2.13 bits per heavy atom. The Morgan fingerprint density at radius 3 is 2.60 bits per heavy atom. The number of pyridine rings is 1. The molecule has 0 aromatic carbocycles. The lowest BCUT2D eigenvalue weighted by molar-refractivity contribution is -0.0589. The van der Waals surface area contributed by atoms with Gasteiger partial charge in [0, 0.05) is 6.20 Å². The van der Waals surface area contributed by atoms with E-state index in [4.69, 9.17) is 16.4 Å². The van der Waals surface area contributed by atoms with Crippen molar-refractivity contribution in [3.05, 3.63) is 29.0 Å². The summed E-state index contributed by atoms with van der Waals surface area (Å²) >= 11 is 5.59. The summed E-state index contributed by atoms with van der Waals surface area (Å²) in [6, 6.07) is 3.13. The molecule has 0 unspecified atom stereocenters. The van der Waals surface area contributed by atoms with Crippen molar-refractivity contribution < 1.29 is 9.63 Å². The summed E-state index contributed by atoms with van der Waals surface area (Å²) in [5.41, 5.74) is 2.32. The Morgan fingerprint density at radius 1 is 1.47 bits per heavy atom. The predicted molar refractivity (Wildman–Crippen MR) is 57.6 cm³/mol. The lowest BCUT2D eigenvalue weighted by atomic mass is 10.2. The van der Waals surface area contributed by atoms with Gasteiger partial charge in [-0.05, 0) is 32.9 Å². The highest BCUT2D eigenvalue weighted by Gasteiger charge is 2.13. The number of hydroxylamine groups is 1. The van der Waals surface area contributed by atoms with Crippen LogP contribution in [0.5, 0.6) is 0 Å². The van der Waals surface area contributed by atoms with Crippen LogP contribution in [0.15, 0.2) is 18.3 Å². The molecular weight excluding hydrogens is 216 g/mol. The lowest BCUT2D eigenvalue weighted by Crippen LogP contribution is -2.33. The third-order valence-corrected chi connectivity index (χ3v) is 1.66. The van der Waals surface area contributed by atoms with Gasteiger partial charge in [-0.15, -0.1) is 0 Å². The molecule has 0 atom stereocenters. The number of rotatable bonds is 2. The van der Waals surface area contributed by atoms with Crippen LogP contribution in [-0.4, -0.2) is 16.5 Å². The molecule has 15 heavy (non-hydrogen) atoms. The SMILES string of the molecule is CC(C)(C)ONC(=O)c1ccc(Cl)nc1. The minimum atomic E-state index is -0.421. The Balaban J connectivity index is 2.58. The predicted octanol–water partition coefficient (Wildman–Crippen LogP) is 2.19. The molecule has 0 saturated heterocycles. The zero-order valence-corrected chi connectivity index (χ0v) is 9.63. The zero-order valence-electron chi connectivity index (χ0n) is 8.87. The van der Waals surface area contributed by atoms with Crippen LogP contribution < -0.4 is 5.48 Å². The normalized spacial score (nSPS) is 11.2. The molecule has 0 fully saturated rings. The van der Waals surface area contributed by atoms with Crippen molar-refractivity contribution in [2.24, 2.45) is 0 Å². The number of carbonyl (C=O) groups excluding carboxylic acids is 1. The average Bonchev–Trinajstić information content (AvgIpc) is 2.14. The van der Waals surface area contributed by atoms with E-state index in [0.29, 0.717) is 10.7 Å². The van der Waals surface area contributed by atoms with Gasteiger partial charge in [0.15, 0.2) is 0 Å². The molecular formula is C10H13ClN2O2. The van der Waals surface area contributed by atoms with Crippen molar-refractivity contribution >= 4 is 17.5 Å². The third kappa shape index (κ3) is 4.27. The smallest absolute Gasteiger partial charge is 0.268 e. The number of aromatic nitrogens is 1. The molecule has 1 aromatic rings. The molecule has 1 rings (SSSR count). The van der Waals surface area contributed by atoms with Gasteiger partial charge in [0.2, 0.25) is 0 Å². The van der Waals surface area contributed by atoms with Crippen molar-refractivity contribution in [2.75, 3.05) is 0 Å². The molecule has 1 N–H and O–H groups in total. The molecule has 82 valence electrons. The fraction of sp³-hybridized carbons (Fsp3) is 0.400. The number of halogens is 1. The third-order valence-electron chi connectivity index (χ3n) is 1.44. The fourth-order valence-electron chi connectivity index (χ4n) is 0.769. The van der Waals surface area contributed by atoms with Crippen LogP contribution in [0.1, 0.15) is 31.1 Å². The molecule has 0 spiro atoms. The highest BCUT2D eigenvalue weighted by molar-refractivity contribution is 6.29. The zero-order chi connectivity index (χ0) is 11.5. The molecule has 0 saturated carbocycles. The molecule has 0 aliphatic rings. The average molecular weight is 229 g/mol. The fourth-order valence-corrected chi connectivity index (χ4v) is 0.880. The van der Waals surface area contributed by atoms with Gasteiger partial charge < -0.3 is 0 Å². The van der Waals surface area contributed by atoms with Gasteiger partial charge in [0.1, 0.15) is 5.15 Å². The first-order valence-electron chi connectivity index (χ1n) is 4.48. The van der Waals surface area contributed by atoms with Crippen LogP contribution in [0, 0.1) is 0 Å². The summed E-state index contributed by atoms with van der Waals surface area (Å²) < 4.78 is 0. The monoisotopic (exact) mass is 228 g/mol. The maximum absolute atomic E-state index is 11.5. The number of nitrogens with one attached hydrogen (secondary N) is 1. The summed E-state index contributed by atoms with van der Waals surface area (Å²) in [5.74, 6) is -0.339. The van der Waals surface area contributed by atoms with Crippen LogP contribution >= 0.6 is 11.6 Å². The minimum Gasteiger partial charge on any atom is -0.268 e. The van der Waals surface area contributed by atoms with Crippen molar-refractivity contribution in [1.82, 2.24) is 10.5 Å². The molecule has 0 bridgehead atoms. The highest BCUT2D eigenvalue weighted by atomic mass is 35.5. The Bertz CT molecular complexity index is 343. The van der Waals surface area contributed by atoms with E-state index < -0.39 is 5.60 Å². The quantitative estimate of drug-likeness (QED) is 0.624. The summed E-state index contributed by atoms with van der Waals surface area (Å²) in [5, 5.41) is 0.350. The number of hydrogen-bond donors (Lipinski definition) is 1. The van der Waals surface area contributed by atoms with Gasteiger partial charge in [-0.3, -0.25) is 9.63 Å². The van der Waals surface area contributed by atoms with E-state index >= 15 is 0 Å². The molecule has 1 amide bonds. The molecule has 5 heteroatoms. The second-order valence-corrected chi connectivity index (χ2v) is 4.40. The van der Waals surface area contributed by atoms with Crippen LogP contribution in [0.4, 0.5) is 0 Å². The highest BCUT2D eigenvalue weighted by Crippen LogP contribution is 2.07. The summed E-state index contributed by atoms with van der Waals surface area (Å²) in [6.45, 7) is 5.52. The van der Waals surface area contributed by atoms with Gasteiger partial charge in [-0.2, -0.15) is 0 Å². The van der Waals surface area contributed by atoms with Crippen molar-refractivity contribution in [1.29, 1.82) is 0 Å². The first kappa shape index (κ1) is 11.9. The van der Waals surface area contributed by atoms with Crippen LogP contribution in [0.25, 0.3) is 0 Å². The van der Waals surface area contributed by atoms with E-state index in [1.165, 1.54) is 6.20 Å². The van der Waals surface area contributed by atoms with Gasteiger partial charge in [-0.25, -0.2) is 10.5 Å². The van der Waals surface area contributed by atoms with E-state index in [9.17, 15) is 4.79 Å². The van der Waals surface area contributed by atoms with E-state index in [1.807, 2.05) is 20.8 Å². The number of amides is 1. The van der Waals surface area contributed by atoms with Crippen molar-refractivity contribution in [3.63, 3.8) is 0 Å². The van der Waals surface area contributed by atoms with Crippen LogP contribution in [0.2, 0.25) is 5.15 Å². The Labute approximate surface area is 93.6 Å². The Kier molecular flexibility index (Phi) is 3.66. The standard InChI is InChI=1S/C10H13ClN2O2/c1-10(2,3)15-13-9(14)7-4-5-8(11)12-6-7/h4-6H,1-3H3,(H,13,14). The largest absolute Gasteiger partial charge is 0.276 e. The maximum atomic E-state index is 11.5. The number of carbonyl (C=O) groups is 1. The van der Waals surface area contributed by atoms with Gasteiger partial charge in [0.05, 0.1) is 11.2 Å². The molecule has 4 nitrogen and oxygen atoms in total. The summed E-state index contributed by atoms with van der Waals surface area (Å²) in [4.78, 5) is 20.4. The molecule has 1 heterocycles. The van der Waals surface area contributed by atoms with Crippen molar-refractivity contribution in [3.8, 4) is 0 Å². The van der Waals surface area contributed by atoms with Crippen LogP contribution in [0.3, 0.4) is 0 Å². The lowest BCUT2D eigenvalue weighted by Gasteiger charge is -2.18. The van der Waals surface area contributed by atoms with E-state index in [-0.39, 0.29) is 5.91 Å². The van der Waals surface area contributed by atoms with E-state index in [1.54, 1.807) is 12.1 Å². The molecule has 0 aliphatic heterocycles. The van der Waals surface area contributed by atoms with E-state index in [2.05, 4.69) is 10.5 Å². The number of hydrogen-bond acceptors (Lipinski definition) is 3. The topological polar surface area (TPSA) is 51.2 Å². The first-order valence-corrected chi connectivity index (χ1v) is 4.86. The minimum absolute atomic E-state index is 0.339. The second kappa shape index (κ2) is 4.59. The molecule has 1 aromatic heterocycles. The summed E-state index contributed by atoms with van der Waals surface area (Å²) in [7, 11) is 0. The molecule has 0 aliphatic carbocycles. The first-order chi connectivity index (χ1) is 6.88. The van der Waals surface area contributed by atoms with E-state index in [0.717, 1.165) is 0 Å². The van der Waals surface area contributed by atoms with Crippen LogP contribution in [-0.2, 0) is 4.84 Å². The van der Waals surface area contributed by atoms with Gasteiger partial charge in [-0.1, -0.05) is 11.6 Å². The van der Waals surface area contributed by atoms with Gasteiger partial charge in [0.25, 0.3) is 5.91 Å². The Hall–Kier alpha value is -1.13. The van der Waals surface area contributed by atoms with Gasteiger partial charge >= 0.3 is 0 Å². The molecule has 0 radical (unpaired) electrons. The second-order valence-electron chi connectivity index (χ2n) is 4.02.